The van der Waals surface area contributed by atoms with Crippen LogP contribution < -0.4 is 5.32 Å². The van der Waals surface area contributed by atoms with Crippen molar-refractivity contribution in [2.24, 2.45) is 5.92 Å². The third kappa shape index (κ3) is 2.17. The molecule has 2 atom stereocenters. The highest BCUT2D eigenvalue weighted by Gasteiger charge is 2.24. The number of hydrogen-bond donors (Lipinski definition) is 1. The highest BCUT2D eigenvalue weighted by atomic mass is 15.1. The molecule has 0 aromatic carbocycles. The van der Waals surface area contributed by atoms with Crippen molar-refractivity contribution in [2.75, 3.05) is 27.2 Å². The van der Waals surface area contributed by atoms with Gasteiger partial charge in [0.2, 0.25) is 0 Å². The summed E-state index contributed by atoms with van der Waals surface area (Å²) in [7, 11) is 4.27. The molecule has 2 nitrogen and oxygen atoms in total. The molecule has 1 N–H and O–H groups in total. The quantitative estimate of drug-likeness (QED) is 0.640. The van der Waals surface area contributed by atoms with Crippen LogP contribution >= 0.6 is 0 Å². The topological polar surface area (TPSA) is 15.3 Å². The summed E-state index contributed by atoms with van der Waals surface area (Å²) >= 11 is 0. The molecule has 1 aliphatic rings. The lowest BCUT2D eigenvalue weighted by Crippen LogP contribution is -2.43. The van der Waals surface area contributed by atoms with Crippen LogP contribution in [0.4, 0.5) is 0 Å². The highest BCUT2D eigenvalue weighted by molar-refractivity contribution is 4.79. The summed E-state index contributed by atoms with van der Waals surface area (Å²) in [4.78, 5) is 2.46. The van der Waals surface area contributed by atoms with E-state index in [-0.39, 0.29) is 0 Å². The summed E-state index contributed by atoms with van der Waals surface area (Å²) in [5.74, 6) is 0.860. The monoisotopic (exact) mass is 156 g/mol. The molecule has 1 saturated heterocycles. The number of nitrogens with zero attached hydrogens (tertiary/aromatic N) is 1. The number of nitrogens with one attached hydrogen (secondary N) is 1. The van der Waals surface area contributed by atoms with Gasteiger partial charge in [0.1, 0.15) is 0 Å². The number of piperidine rings is 1. The van der Waals surface area contributed by atoms with Crippen molar-refractivity contribution in [3.8, 4) is 0 Å². The van der Waals surface area contributed by atoms with E-state index in [0.29, 0.717) is 0 Å². The van der Waals surface area contributed by atoms with Gasteiger partial charge in [0, 0.05) is 6.04 Å². The SMILES string of the molecule is CNC[C@@H]1CCCN(C)[C@@H]1C. The molecule has 1 aliphatic heterocycles. The van der Waals surface area contributed by atoms with E-state index in [1.54, 1.807) is 0 Å². The Morgan fingerprint density at radius 3 is 2.91 bits per heavy atom. The first-order valence-electron chi connectivity index (χ1n) is 4.60. The summed E-state index contributed by atoms with van der Waals surface area (Å²) in [6, 6.07) is 0.760. The van der Waals surface area contributed by atoms with E-state index in [0.717, 1.165) is 12.0 Å². The predicted octanol–water partition coefficient (Wildman–Crippen LogP) is 0.936. The zero-order valence-corrected chi connectivity index (χ0v) is 7.93. The van der Waals surface area contributed by atoms with Crippen LogP contribution in [0.1, 0.15) is 19.8 Å². The van der Waals surface area contributed by atoms with Crippen molar-refractivity contribution >= 4 is 0 Å². The van der Waals surface area contributed by atoms with Crippen LogP contribution in [0.5, 0.6) is 0 Å². The van der Waals surface area contributed by atoms with Crippen LogP contribution in [-0.4, -0.2) is 38.1 Å². The van der Waals surface area contributed by atoms with Gasteiger partial charge in [0.15, 0.2) is 0 Å². The fourth-order valence-corrected chi connectivity index (χ4v) is 1.94. The second-order valence-corrected chi connectivity index (χ2v) is 3.68. The van der Waals surface area contributed by atoms with Crippen molar-refractivity contribution in [3.05, 3.63) is 0 Å². The Kier molecular flexibility index (Phi) is 3.34. The van der Waals surface area contributed by atoms with Crippen LogP contribution in [0.15, 0.2) is 0 Å². The third-order valence-electron chi connectivity index (χ3n) is 2.93. The van der Waals surface area contributed by atoms with Gasteiger partial charge in [0.25, 0.3) is 0 Å². The molecule has 0 radical (unpaired) electrons. The second kappa shape index (κ2) is 4.07. The van der Waals surface area contributed by atoms with Gasteiger partial charge in [-0.15, -0.1) is 0 Å². The smallest absolute Gasteiger partial charge is 0.0104 e. The van der Waals surface area contributed by atoms with Gasteiger partial charge in [-0.3, -0.25) is 0 Å². The number of rotatable bonds is 2. The van der Waals surface area contributed by atoms with E-state index < -0.39 is 0 Å². The molecule has 0 aliphatic carbocycles. The molecule has 0 saturated carbocycles. The lowest BCUT2D eigenvalue weighted by atomic mass is 9.91. The van der Waals surface area contributed by atoms with E-state index in [1.165, 1.54) is 25.9 Å². The van der Waals surface area contributed by atoms with Crippen molar-refractivity contribution in [2.45, 2.75) is 25.8 Å². The van der Waals surface area contributed by atoms with Gasteiger partial charge in [-0.05, 0) is 52.9 Å². The Labute approximate surface area is 70.0 Å². The minimum atomic E-state index is 0.760. The molecule has 11 heavy (non-hydrogen) atoms. The zero-order valence-electron chi connectivity index (χ0n) is 7.93. The molecule has 0 aromatic rings. The van der Waals surface area contributed by atoms with E-state index in [2.05, 4.69) is 24.2 Å². The molecule has 0 amide bonds. The molecule has 66 valence electrons. The average Bonchev–Trinajstić information content (AvgIpc) is 1.99. The van der Waals surface area contributed by atoms with E-state index in [9.17, 15) is 0 Å². The molecular weight excluding hydrogens is 136 g/mol. The van der Waals surface area contributed by atoms with Crippen LogP contribution in [0.25, 0.3) is 0 Å². The fourth-order valence-electron chi connectivity index (χ4n) is 1.94. The molecule has 0 unspecified atom stereocenters. The van der Waals surface area contributed by atoms with Crippen molar-refractivity contribution in [1.82, 2.24) is 10.2 Å². The molecule has 2 heteroatoms. The first-order chi connectivity index (χ1) is 5.25. The molecule has 0 aromatic heterocycles. The zero-order chi connectivity index (χ0) is 8.27. The minimum Gasteiger partial charge on any atom is -0.319 e. The fraction of sp³-hybridized carbons (Fsp3) is 1.00. The van der Waals surface area contributed by atoms with Gasteiger partial charge in [-0.1, -0.05) is 0 Å². The Bertz CT molecular complexity index is 112. The molecular formula is C9H20N2. The van der Waals surface area contributed by atoms with Gasteiger partial charge in [-0.25, -0.2) is 0 Å². The second-order valence-electron chi connectivity index (χ2n) is 3.68. The lowest BCUT2D eigenvalue weighted by Gasteiger charge is -2.36. The van der Waals surface area contributed by atoms with Crippen molar-refractivity contribution in [3.63, 3.8) is 0 Å². The van der Waals surface area contributed by atoms with E-state index in [1.807, 2.05) is 7.05 Å². The van der Waals surface area contributed by atoms with Gasteiger partial charge >= 0.3 is 0 Å². The number of likely N-dealkylation sites (tertiary alicyclic amines) is 1. The van der Waals surface area contributed by atoms with Crippen LogP contribution in [-0.2, 0) is 0 Å². The molecule has 1 heterocycles. The standard InChI is InChI=1S/C9H20N2/c1-8-9(7-10-2)5-4-6-11(8)3/h8-10H,4-7H2,1-3H3/t8-,9+/m1/s1. The van der Waals surface area contributed by atoms with Gasteiger partial charge < -0.3 is 10.2 Å². The van der Waals surface area contributed by atoms with Crippen LogP contribution in [0.2, 0.25) is 0 Å². The maximum atomic E-state index is 3.26. The highest BCUT2D eigenvalue weighted by Crippen LogP contribution is 2.20. The maximum absolute atomic E-state index is 3.26. The Balaban J connectivity index is 2.38. The van der Waals surface area contributed by atoms with E-state index >= 15 is 0 Å². The summed E-state index contributed by atoms with van der Waals surface area (Å²) < 4.78 is 0. The predicted molar refractivity (Wildman–Crippen MR) is 48.7 cm³/mol. The minimum absolute atomic E-state index is 0.760. The summed E-state index contributed by atoms with van der Waals surface area (Å²) in [5, 5.41) is 3.26. The Morgan fingerprint density at radius 2 is 2.27 bits per heavy atom. The third-order valence-corrected chi connectivity index (χ3v) is 2.93. The molecule has 0 spiro atoms. The first-order valence-corrected chi connectivity index (χ1v) is 4.60. The lowest BCUT2D eigenvalue weighted by molar-refractivity contribution is 0.134. The van der Waals surface area contributed by atoms with Crippen LogP contribution in [0, 0.1) is 5.92 Å². The van der Waals surface area contributed by atoms with Crippen molar-refractivity contribution < 1.29 is 0 Å². The molecule has 0 bridgehead atoms. The maximum Gasteiger partial charge on any atom is 0.0104 e. The molecule has 1 rings (SSSR count). The largest absolute Gasteiger partial charge is 0.319 e. The van der Waals surface area contributed by atoms with Gasteiger partial charge in [0.05, 0.1) is 0 Å². The Morgan fingerprint density at radius 1 is 1.55 bits per heavy atom. The van der Waals surface area contributed by atoms with Crippen molar-refractivity contribution in [1.29, 1.82) is 0 Å². The molecule has 1 fully saturated rings. The summed E-state index contributed by atoms with van der Waals surface area (Å²) in [5.41, 5.74) is 0. The summed E-state index contributed by atoms with van der Waals surface area (Å²) in [6.07, 6.45) is 2.76. The number of hydrogen-bond acceptors (Lipinski definition) is 2. The normalized spacial score (nSPS) is 34.1. The van der Waals surface area contributed by atoms with Gasteiger partial charge in [-0.2, -0.15) is 0 Å². The first kappa shape index (κ1) is 9.01. The Hall–Kier alpha value is -0.0800. The average molecular weight is 156 g/mol. The van der Waals surface area contributed by atoms with E-state index in [4.69, 9.17) is 0 Å². The van der Waals surface area contributed by atoms with Crippen LogP contribution in [0.3, 0.4) is 0 Å². The summed E-state index contributed by atoms with van der Waals surface area (Å²) in [6.45, 7) is 4.79.